The van der Waals surface area contributed by atoms with Gasteiger partial charge in [0.25, 0.3) is 0 Å². The van der Waals surface area contributed by atoms with Gasteiger partial charge in [0, 0.05) is 38.4 Å². The van der Waals surface area contributed by atoms with Crippen molar-refractivity contribution in [2.45, 2.75) is 18.8 Å². The molecule has 1 atom stereocenters. The van der Waals surface area contributed by atoms with Gasteiger partial charge in [-0.05, 0) is 18.9 Å². The first kappa shape index (κ1) is 14.3. The summed E-state index contributed by atoms with van der Waals surface area (Å²) < 4.78 is 0. The molecular formula is C14H20N4O2. The minimum Gasteiger partial charge on any atom is -0.348 e. The monoisotopic (exact) mass is 276 g/mol. The van der Waals surface area contributed by atoms with E-state index >= 15 is 0 Å². The number of carbonyl (C=O) groups excluding carboxylic acids is 2. The van der Waals surface area contributed by atoms with E-state index in [-0.39, 0.29) is 24.3 Å². The molecule has 1 aromatic heterocycles. The first-order valence-corrected chi connectivity index (χ1v) is 6.76. The van der Waals surface area contributed by atoms with Gasteiger partial charge in [-0.2, -0.15) is 0 Å². The van der Waals surface area contributed by atoms with Crippen molar-refractivity contribution in [1.29, 1.82) is 0 Å². The zero-order chi connectivity index (χ0) is 14.5. The van der Waals surface area contributed by atoms with Gasteiger partial charge >= 0.3 is 0 Å². The topological polar surface area (TPSA) is 69.3 Å². The summed E-state index contributed by atoms with van der Waals surface area (Å²) in [5, 5.41) is 0. The molecule has 1 aliphatic rings. The molecule has 0 aromatic carbocycles. The molecular weight excluding hydrogens is 256 g/mol. The Kier molecular flexibility index (Phi) is 4.55. The van der Waals surface area contributed by atoms with Crippen LogP contribution in [0.2, 0.25) is 0 Å². The van der Waals surface area contributed by atoms with Crippen molar-refractivity contribution in [2.24, 2.45) is 0 Å². The molecule has 1 aromatic rings. The van der Waals surface area contributed by atoms with Gasteiger partial charge in [0.15, 0.2) is 0 Å². The highest BCUT2D eigenvalue weighted by Gasteiger charge is 2.26. The number of imidazole rings is 1. The number of hydrogen-bond donors (Lipinski definition) is 1. The second kappa shape index (κ2) is 6.36. The third kappa shape index (κ3) is 3.26. The van der Waals surface area contributed by atoms with E-state index in [0.717, 1.165) is 25.2 Å². The molecule has 1 N–H and O–H groups in total. The van der Waals surface area contributed by atoms with Gasteiger partial charge in [-0.3, -0.25) is 9.59 Å². The maximum Gasteiger partial charge on any atom is 0.246 e. The summed E-state index contributed by atoms with van der Waals surface area (Å²) in [5.41, 5.74) is 0. The van der Waals surface area contributed by atoms with Crippen LogP contribution in [0.4, 0.5) is 0 Å². The summed E-state index contributed by atoms with van der Waals surface area (Å²) >= 11 is 0. The zero-order valence-electron chi connectivity index (χ0n) is 11.7. The lowest BCUT2D eigenvalue weighted by Gasteiger charge is -2.32. The zero-order valence-corrected chi connectivity index (χ0v) is 11.7. The number of aromatic amines is 1. The van der Waals surface area contributed by atoms with Crippen molar-refractivity contribution < 1.29 is 9.59 Å². The number of piperidine rings is 1. The van der Waals surface area contributed by atoms with E-state index in [1.807, 2.05) is 4.90 Å². The second-order valence-electron chi connectivity index (χ2n) is 5.05. The molecule has 6 nitrogen and oxygen atoms in total. The van der Waals surface area contributed by atoms with Crippen LogP contribution in [0.25, 0.3) is 0 Å². The Balaban J connectivity index is 1.93. The minimum atomic E-state index is -0.238. The molecule has 1 aliphatic heterocycles. The van der Waals surface area contributed by atoms with Crippen molar-refractivity contribution >= 4 is 11.8 Å². The first-order chi connectivity index (χ1) is 9.61. The third-order valence-corrected chi connectivity index (χ3v) is 3.60. The molecule has 1 saturated heterocycles. The number of nitrogens with one attached hydrogen (secondary N) is 1. The maximum absolute atomic E-state index is 12.2. The number of nitrogens with zero attached hydrogens (tertiary/aromatic N) is 3. The van der Waals surface area contributed by atoms with E-state index < -0.39 is 0 Å². The summed E-state index contributed by atoms with van der Waals surface area (Å²) in [4.78, 5) is 34.2. The van der Waals surface area contributed by atoms with Crippen molar-refractivity contribution in [3.05, 3.63) is 30.9 Å². The molecule has 6 heteroatoms. The van der Waals surface area contributed by atoms with E-state index in [1.54, 1.807) is 19.4 Å². The molecule has 2 heterocycles. The second-order valence-corrected chi connectivity index (χ2v) is 5.05. The number of hydrogen-bond acceptors (Lipinski definition) is 3. The fourth-order valence-corrected chi connectivity index (χ4v) is 2.46. The number of likely N-dealkylation sites (N-methyl/N-ethyl adjacent to an activating group) is 1. The van der Waals surface area contributed by atoms with Crippen molar-refractivity contribution in [3.8, 4) is 0 Å². The number of H-pyrrole nitrogens is 1. The highest BCUT2D eigenvalue weighted by atomic mass is 16.2. The SMILES string of the molecule is C=CC(=O)N(C)CC(=O)N1CCCC(c2ncc[nH]2)C1. The number of aromatic nitrogens is 2. The van der Waals surface area contributed by atoms with Crippen LogP contribution >= 0.6 is 0 Å². The van der Waals surface area contributed by atoms with Crippen LogP contribution in [0, 0.1) is 0 Å². The maximum atomic E-state index is 12.2. The summed E-state index contributed by atoms with van der Waals surface area (Å²) in [5.74, 6) is 0.915. The van der Waals surface area contributed by atoms with Crippen LogP contribution in [-0.2, 0) is 9.59 Å². The van der Waals surface area contributed by atoms with E-state index in [0.29, 0.717) is 6.54 Å². The normalized spacial score (nSPS) is 18.6. The molecule has 0 radical (unpaired) electrons. The molecule has 2 rings (SSSR count). The first-order valence-electron chi connectivity index (χ1n) is 6.76. The van der Waals surface area contributed by atoms with Gasteiger partial charge in [0.05, 0.1) is 6.54 Å². The fraction of sp³-hybridized carbons (Fsp3) is 0.500. The molecule has 20 heavy (non-hydrogen) atoms. The fourth-order valence-electron chi connectivity index (χ4n) is 2.46. The molecule has 2 amide bonds. The van der Waals surface area contributed by atoms with Crippen LogP contribution in [0.5, 0.6) is 0 Å². The highest BCUT2D eigenvalue weighted by Crippen LogP contribution is 2.24. The van der Waals surface area contributed by atoms with Gasteiger partial charge in [0.1, 0.15) is 5.82 Å². The molecule has 0 aliphatic carbocycles. The Bertz CT molecular complexity index is 483. The van der Waals surface area contributed by atoms with Crippen LogP contribution in [-0.4, -0.2) is 58.3 Å². The van der Waals surface area contributed by atoms with Gasteiger partial charge in [-0.15, -0.1) is 0 Å². The quantitative estimate of drug-likeness (QED) is 0.825. The summed E-state index contributed by atoms with van der Waals surface area (Å²) in [6.07, 6.45) is 6.73. The van der Waals surface area contributed by atoms with Crippen LogP contribution in [0.15, 0.2) is 25.0 Å². The molecule has 0 bridgehead atoms. The predicted octanol–water partition coefficient (Wildman–Crippen LogP) is 0.760. The number of amides is 2. The van der Waals surface area contributed by atoms with E-state index in [9.17, 15) is 9.59 Å². The van der Waals surface area contributed by atoms with Crippen molar-refractivity contribution in [2.75, 3.05) is 26.7 Å². The molecule has 1 unspecified atom stereocenters. The Hall–Kier alpha value is -2.11. The Morgan fingerprint density at radius 2 is 2.45 bits per heavy atom. The average molecular weight is 276 g/mol. The third-order valence-electron chi connectivity index (χ3n) is 3.60. The molecule has 1 fully saturated rings. The van der Waals surface area contributed by atoms with Crippen LogP contribution in [0.3, 0.4) is 0 Å². The lowest BCUT2D eigenvalue weighted by atomic mass is 9.97. The number of carbonyl (C=O) groups is 2. The Labute approximate surface area is 118 Å². The largest absolute Gasteiger partial charge is 0.348 e. The summed E-state index contributed by atoms with van der Waals surface area (Å²) in [6.45, 7) is 4.91. The van der Waals surface area contributed by atoms with Gasteiger partial charge < -0.3 is 14.8 Å². The summed E-state index contributed by atoms with van der Waals surface area (Å²) in [6, 6.07) is 0. The van der Waals surface area contributed by atoms with Crippen LogP contribution < -0.4 is 0 Å². The van der Waals surface area contributed by atoms with E-state index in [4.69, 9.17) is 0 Å². The lowest BCUT2D eigenvalue weighted by Crippen LogP contribution is -2.45. The standard InChI is InChI=1S/C14H20N4O2/c1-3-12(19)17(2)10-13(20)18-8-4-5-11(9-18)14-15-6-7-16-14/h3,6-7,11H,1,4-5,8-10H2,2H3,(H,15,16). The van der Waals surface area contributed by atoms with E-state index in [2.05, 4.69) is 16.5 Å². The van der Waals surface area contributed by atoms with E-state index in [1.165, 1.54) is 11.0 Å². The minimum absolute atomic E-state index is 0.0287. The number of likely N-dealkylation sites (tertiary alicyclic amines) is 1. The van der Waals surface area contributed by atoms with Gasteiger partial charge in [0.2, 0.25) is 11.8 Å². The highest BCUT2D eigenvalue weighted by molar-refractivity contribution is 5.90. The van der Waals surface area contributed by atoms with Crippen molar-refractivity contribution in [1.82, 2.24) is 19.8 Å². The van der Waals surface area contributed by atoms with Gasteiger partial charge in [-0.1, -0.05) is 6.58 Å². The smallest absolute Gasteiger partial charge is 0.246 e. The van der Waals surface area contributed by atoms with Crippen LogP contribution in [0.1, 0.15) is 24.6 Å². The molecule has 108 valence electrons. The van der Waals surface area contributed by atoms with Crippen molar-refractivity contribution in [3.63, 3.8) is 0 Å². The summed E-state index contributed by atoms with van der Waals surface area (Å²) in [7, 11) is 1.61. The number of rotatable bonds is 4. The molecule has 0 saturated carbocycles. The van der Waals surface area contributed by atoms with Gasteiger partial charge in [-0.25, -0.2) is 4.98 Å². The Morgan fingerprint density at radius 1 is 1.65 bits per heavy atom. The predicted molar refractivity (Wildman–Crippen MR) is 75.0 cm³/mol. The Morgan fingerprint density at radius 3 is 3.10 bits per heavy atom. The average Bonchev–Trinajstić information content (AvgIpc) is 3.00. The molecule has 0 spiro atoms. The lowest BCUT2D eigenvalue weighted by molar-refractivity contribution is -0.138.